The number of nitrogens with one attached hydrogen (secondary N) is 1. The first-order chi connectivity index (χ1) is 9.25. The predicted octanol–water partition coefficient (Wildman–Crippen LogP) is 2.03. The molecule has 0 saturated carbocycles. The number of hydrogen-bond donors (Lipinski definition) is 1. The van der Waals surface area contributed by atoms with Crippen LogP contribution in [0.15, 0.2) is 18.5 Å². The van der Waals surface area contributed by atoms with E-state index in [4.69, 9.17) is 0 Å². The van der Waals surface area contributed by atoms with E-state index in [1.807, 2.05) is 0 Å². The Kier molecular flexibility index (Phi) is 3.33. The van der Waals surface area contributed by atoms with Crippen LogP contribution in [0, 0.1) is 10.1 Å². The van der Waals surface area contributed by atoms with Crippen LogP contribution < -0.4 is 5.32 Å². The second-order valence-electron chi connectivity index (χ2n) is 5.29. The summed E-state index contributed by atoms with van der Waals surface area (Å²) >= 11 is 0. The summed E-state index contributed by atoms with van der Waals surface area (Å²) in [6.45, 7) is 2.27. The van der Waals surface area contributed by atoms with E-state index in [2.05, 4.69) is 15.2 Å². The van der Waals surface area contributed by atoms with Crippen molar-refractivity contribution in [1.82, 2.24) is 9.88 Å². The van der Waals surface area contributed by atoms with E-state index in [0.29, 0.717) is 17.8 Å². The SMILES string of the molecule is O=[N+]([O-])c1cnccc1NC1CCN2CCCCC12. The van der Waals surface area contributed by atoms with Crippen molar-refractivity contribution in [3.8, 4) is 0 Å². The Balaban J connectivity index is 1.76. The molecular formula is C13H18N4O2. The van der Waals surface area contributed by atoms with Gasteiger partial charge in [0.1, 0.15) is 11.9 Å². The van der Waals surface area contributed by atoms with Crippen LogP contribution in [-0.2, 0) is 0 Å². The van der Waals surface area contributed by atoms with Crippen molar-refractivity contribution >= 4 is 11.4 Å². The smallest absolute Gasteiger partial charge is 0.310 e. The highest BCUT2D eigenvalue weighted by atomic mass is 16.6. The Bertz CT molecular complexity index is 479. The standard InChI is InChI=1S/C13H18N4O2/c18-17(19)13-9-14-6-4-10(13)15-11-5-8-16-7-2-1-3-12(11)16/h4,6,9,11-12H,1-3,5,7-8H2,(H,14,15). The summed E-state index contributed by atoms with van der Waals surface area (Å²) < 4.78 is 0. The molecule has 0 spiro atoms. The van der Waals surface area contributed by atoms with Crippen LogP contribution in [-0.4, -0.2) is 40.0 Å². The zero-order valence-electron chi connectivity index (χ0n) is 10.8. The van der Waals surface area contributed by atoms with Gasteiger partial charge in [-0.1, -0.05) is 6.42 Å². The Morgan fingerprint density at radius 1 is 1.37 bits per heavy atom. The zero-order chi connectivity index (χ0) is 13.2. The molecule has 0 radical (unpaired) electrons. The van der Waals surface area contributed by atoms with Crippen molar-refractivity contribution < 1.29 is 4.92 Å². The summed E-state index contributed by atoms with van der Waals surface area (Å²) in [4.78, 5) is 17.0. The normalized spacial score (nSPS) is 26.9. The number of fused-ring (bicyclic) bond motifs is 1. The predicted molar refractivity (Wildman–Crippen MR) is 72.1 cm³/mol. The first-order valence-electron chi connectivity index (χ1n) is 6.84. The Labute approximate surface area is 112 Å². The van der Waals surface area contributed by atoms with Gasteiger partial charge in [0.05, 0.1) is 4.92 Å². The van der Waals surface area contributed by atoms with E-state index < -0.39 is 0 Å². The maximum Gasteiger partial charge on any atom is 0.310 e. The lowest BCUT2D eigenvalue weighted by molar-refractivity contribution is -0.384. The summed E-state index contributed by atoms with van der Waals surface area (Å²) in [5, 5.41) is 14.4. The average Bonchev–Trinajstić information content (AvgIpc) is 2.83. The molecule has 0 amide bonds. The number of aromatic nitrogens is 1. The first-order valence-corrected chi connectivity index (χ1v) is 6.84. The Morgan fingerprint density at radius 3 is 3.11 bits per heavy atom. The molecule has 3 rings (SSSR count). The van der Waals surface area contributed by atoms with Gasteiger partial charge in [0, 0.05) is 24.8 Å². The quantitative estimate of drug-likeness (QED) is 0.666. The molecule has 2 aliphatic heterocycles. The topological polar surface area (TPSA) is 71.3 Å². The van der Waals surface area contributed by atoms with Crippen LogP contribution in [0.5, 0.6) is 0 Å². The molecule has 0 aliphatic carbocycles. The molecule has 6 heteroatoms. The molecule has 6 nitrogen and oxygen atoms in total. The second kappa shape index (κ2) is 5.13. The zero-order valence-corrected chi connectivity index (χ0v) is 10.8. The van der Waals surface area contributed by atoms with Gasteiger partial charge in [-0.25, -0.2) is 0 Å². The van der Waals surface area contributed by atoms with Crippen LogP contribution in [0.2, 0.25) is 0 Å². The fraction of sp³-hybridized carbons (Fsp3) is 0.615. The van der Waals surface area contributed by atoms with E-state index >= 15 is 0 Å². The van der Waals surface area contributed by atoms with Gasteiger partial charge in [0.2, 0.25) is 0 Å². The molecule has 2 atom stereocenters. The second-order valence-corrected chi connectivity index (χ2v) is 5.29. The highest BCUT2D eigenvalue weighted by molar-refractivity contribution is 5.60. The minimum absolute atomic E-state index is 0.0664. The summed E-state index contributed by atoms with van der Waals surface area (Å²) in [7, 11) is 0. The van der Waals surface area contributed by atoms with Gasteiger partial charge < -0.3 is 5.32 Å². The van der Waals surface area contributed by atoms with Gasteiger partial charge in [-0.05, 0) is 31.9 Å². The highest BCUT2D eigenvalue weighted by Crippen LogP contribution is 2.31. The van der Waals surface area contributed by atoms with Gasteiger partial charge >= 0.3 is 5.69 Å². The summed E-state index contributed by atoms with van der Waals surface area (Å²) in [6.07, 6.45) is 7.70. The van der Waals surface area contributed by atoms with Crippen molar-refractivity contribution in [3.63, 3.8) is 0 Å². The van der Waals surface area contributed by atoms with Gasteiger partial charge in [-0.3, -0.25) is 20.0 Å². The molecule has 2 unspecified atom stereocenters. The Hall–Kier alpha value is -1.69. The summed E-state index contributed by atoms with van der Waals surface area (Å²) in [6, 6.07) is 2.55. The van der Waals surface area contributed by atoms with Crippen LogP contribution in [0.1, 0.15) is 25.7 Å². The lowest BCUT2D eigenvalue weighted by Gasteiger charge is -2.32. The number of rotatable bonds is 3. The van der Waals surface area contributed by atoms with Gasteiger partial charge in [0.25, 0.3) is 0 Å². The summed E-state index contributed by atoms with van der Waals surface area (Å²) in [5.74, 6) is 0. The number of pyridine rings is 1. The molecule has 0 aromatic carbocycles. The van der Waals surface area contributed by atoms with E-state index in [1.165, 1.54) is 32.0 Å². The molecule has 2 saturated heterocycles. The lowest BCUT2D eigenvalue weighted by atomic mass is 9.99. The molecular weight excluding hydrogens is 244 g/mol. The molecule has 1 aromatic heterocycles. The van der Waals surface area contributed by atoms with Gasteiger partial charge in [0.15, 0.2) is 0 Å². The number of nitrogens with zero attached hydrogens (tertiary/aromatic N) is 3. The third kappa shape index (κ3) is 2.40. The van der Waals surface area contributed by atoms with Gasteiger partial charge in [-0.2, -0.15) is 0 Å². The summed E-state index contributed by atoms with van der Waals surface area (Å²) in [5.41, 5.74) is 0.661. The fourth-order valence-electron chi connectivity index (χ4n) is 3.27. The van der Waals surface area contributed by atoms with Crippen LogP contribution in [0.3, 0.4) is 0 Å². The maximum atomic E-state index is 11.0. The van der Waals surface area contributed by atoms with Gasteiger partial charge in [-0.15, -0.1) is 0 Å². The van der Waals surface area contributed by atoms with E-state index in [-0.39, 0.29) is 10.6 Å². The maximum absolute atomic E-state index is 11.0. The third-order valence-electron chi connectivity index (χ3n) is 4.19. The van der Waals surface area contributed by atoms with Crippen LogP contribution in [0.25, 0.3) is 0 Å². The Morgan fingerprint density at radius 2 is 2.26 bits per heavy atom. The molecule has 102 valence electrons. The minimum atomic E-state index is -0.372. The fourth-order valence-corrected chi connectivity index (χ4v) is 3.27. The number of nitro groups is 1. The van der Waals surface area contributed by atoms with E-state index in [0.717, 1.165) is 13.0 Å². The molecule has 3 heterocycles. The number of hydrogen-bond acceptors (Lipinski definition) is 5. The van der Waals surface area contributed by atoms with Crippen molar-refractivity contribution in [2.45, 2.75) is 37.8 Å². The molecule has 1 N–H and O–H groups in total. The third-order valence-corrected chi connectivity index (χ3v) is 4.19. The first kappa shape index (κ1) is 12.3. The minimum Gasteiger partial charge on any atom is -0.375 e. The molecule has 19 heavy (non-hydrogen) atoms. The highest BCUT2D eigenvalue weighted by Gasteiger charge is 2.36. The van der Waals surface area contributed by atoms with Crippen LogP contribution in [0.4, 0.5) is 11.4 Å². The lowest BCUT2D eigenvalue weighted by Crippen LogP contribution is -2.41. The van der Waals surface area contributed by atoms with E-state index in [9.17, 15) is 10.1 Å². The van der Waals surface area contributed by atoms with Crippen molar-refractivity contribution in [2.75, 3.05) is 18.4 Å². The van der Waals surface area contributed by atoms with Crippen LogP contribution >= 0.6 is 0 Å². The van der Waals surface area contributed by atoms with Crippen molar-refractivity contribution in [2.24, 2.45) is 0 Å². The largest absolute Gasteiger partial charge is 0.375 e. The molecule has 2 fully saturated rings. The van der Waals surface area contributed by atoms with Crippen molar-refractivity contribution in [3.05, 3.63) is 28.6 Å². The number of piperidine rings is 1. The van der Waals surface area contributed by atoms with E-state index in [1.54, 1.807) is 12.3 Å². The molecule has 0 bridgehead atoms. The van der Waals surface area contributed by atoms with Crippen molar-refractivity contribution in [1.29, 1.82) is 0 Å². The monoisotopic (exact) mass is 262 g/mol. The number of anilines is 1. The average molecular weight is 262 g/mol. The molecule has 2 aliphatic rings. The molecule has 1 aromatic rings.